The van der Waals surface area contributed by atoms with E-state index in [0.717, 1.165) is 22.9 Å². The smallest absolute Gasteiger partial charge is 0.253 e. The Kier molecular flexibility index (Phi) is 8.03. The molecule has 2 rings (SSSR count). The van der Waals surface area contributed by atoms with E-state index < -0.39 is 0 Å². The van der Waals surface area contributed by atoms with E-state index in [9.17, 15) is 9.90 Å². The van der Waals surface area contributed by atoms with Crippen LogP contribution in [0, 0.1) is 6.92 Å². The first-order chi connectivity index (χ1) is 12.5. The summed E-state index contributed by atoms with van der Waals surface area (Å²) >= 11 is 5.42. The highest BCUT2D eigenvalue weighted by atomic mass is 32.1. The Labute approximate surface area is 159 Å². The molecule has 26 heavy (non-hydrogen) atoms. The molecule has 0 atom stereocenters. The summed E-state index contributed by atoms with van der Waals surface area (Å²) in [4.78, 5) is 17.1. The highest BCUT2D eigenvalue weighted by Crippen LogP contribution is 2.14. The molecule has 0 saturated carbocycles. The monoisotopic (exact) mass is 377 g/mol. The first-order valence-corrected chi connectivity index (χ1v) is 9.30. The van der Waals surface area contributed by atoms with Crippen molar-refractivity contribution in [3.8, 4) is 0 Å². The van der Waals surface area contributed by atoms with Crippen LogP contribution in [0.5, 0.6) is 0 Å². The average Bonchev–Trinajstić information content (AvgIpc) is 2.61. The summed E-state index contributed by atoms with van der Waals surface area (Å²) in [6.45, 7) is 6.69. The minimum atomic E-state index is -0.134. The molecule has 1 aromatic carbocycles. The molecule has 0 fully saturated rings. The standard InChI is InChI=1S/C19H27N3O3S/c1-3-25-10-4-7-20-19(26)22(8-9-23)13-16-12-15-6-5-14(2)11-17(15)21-18(16)24/h5-6,11-12,23H,3-4,7-10,13H2,1-2H3,(H,20,26)(H,21,24). The van der Waals surface area contributed by atoms with Crippen LogP contribution < -0.4 is 10.9 Å². The van der Waals surface area contributed by atoms with Crippen molar-refractivity contribution in [1.29, 1.82) is 0 Å². The molecule has 2 aromatic rings. The van der Waals surface area contributed by atoms with Crippen LogP contribution in [0.4, 0.5) is 0 Å². The second-order valence-corrected chi connectivity index (χ2v) is 6.53. The van der Waals surface area contributed by atoms with Gasteiger partial charge in [0.25, 0.3) is 5.56 Å². The van der Waals surface area contributed by atoms with Crippen molar-refractivity contribution in [3.63, 3.8) is 0 Å². The molecule has 0 spiro atoms. The maximum absolute atomic E-state index is 12.4. The highest BCUT2D eigenvalue weighted by Gasteiger charge is 2.12. The lowest BCUT2D eigenvalue weighted by atomic mass is 10.1. The Morgan fingerprint density at radius 1 is 1.38 bits per heavy atom. The normalized spacial score (nSPS) is 10.9. The molecule has 1 aromatic heterocycles. The number of aromatic amines is 1. The number of pyridine rings is 1. The highest BCUT2D eigenvalue weighted by molar-refractivity contribution is 7.80. The number of H-pyrrole nitrogens is 1. The van der Waals surface area contributed by atoms with E-state index in [1.165, 1.54) is 0 Å². The predicted molar refractivity (Wildman–Crippen MR) is 109 cm³/mol. The summed E-state index contributed by atoms with van der Waals surface area (Å²) in [5, 5.41) is 14.0. The van der Waals surface area contributed by atoms with Crippen molar-refractivity contribution in [3.05, 3.63) is 45.7 Å². The van der Waals surface area contributed by atoms with Crippen LogP contribution in [0.1, 0.15) is 24.5 Å². The molecule has 0 aliphatic carbocycles. The van der Waals surface area contributed by atoms with Crippen molar-refractivity contribution in [1.82, 2.24) is 15.2 Å². The summed E-state index contributed by atoms with van der Waals surface area (Å²) in [6.07, 6.45) is 0.844. The molecule has 6 nitrogen and oxygen atoms in total. The van der Waals surface area contributed by atoms with E-state index in [2.05, 4.69) is 10.3 Å². The van der Waals surface area contributed by atoms with E-state index in [-0.39, 0.29) is 12.2 Å². The largest absolute Gasteiger partial charge is 0.395 e. The molecule has 1 heterocycles. The number of ether oxygens (including phenoxy) is 1. The first kappa shape index (κ1) is 20.4. The first-order valence-electron chi connectivity index (χ1n) is 8.89. The zero-order valence-electron chi connectivity index (χ0n) is 15.4. The Morgan fingerprint density at radius 2 is 2.19 bits per heavy atom. The molecule has 142 valence electrons. The third-order valence-electron chi connectivity index (χ3n) is 4.04. The van der Waals surface area contributed by atoms with Gasteiger partial charge in [0.15, 0.2) is 5.11 Å². The molecule has 0 bridgehead atoms. The fourth-order valence-corrected chi connectivity index (χ4v) is 2.94. The molecule has 0 saturated heterocycles. The number of aliphatic hydroxyl groups is 1. The Hall–Kier alpha value is -1.96. The zero-order chi connectivity index (χ0) is 18.9. The number of fused-ring (bicyclic) bond motifs is 1. The number of aliphatic hydroxyl groups excluding tert-OH is 1. The van der Waals surface area contributed by atoms with Gasteiger partial charge in [-0.1, -0.05) is 12.1 Å². The molecule has 0 amide bonds. The fourth-order valence-electron chi connectivity index (χ4n) is 2.68. The summed E-state index contributed by atoms with van der Waals surface area (Å²) in [5.74, 6) is 0. The number of nitrogens with zero attached hydrogens (tertiary/aromatic N) is 1. The maximum Gasteiger partial charge on any atom is 0.253 e. The number of benzene rings is 1. The van der Waals surface area contributed by atoms with Gasteiger partial charge in [-0.25, -0.2) is 0 Å². The quantitative estimate of drug-likeness (QED) is 0.458. The second kappa shape index (κ2) is 10.3. The second-order valence-electron chi connectivity index (χ2n) is 6.14. The van der Waals surface area contributed by atoms with Crippen LogP contribution in [0.15, 0.2) is 29.1 Å². The average molecular weight is 378 g/mol. The van der Waals surface area contributed by atoms with Gasteiger partial charge < -0.3 is 25.0 Å². The van der Waals surface area contributed by atoms with Crippen LogP contribution in [0.3, 0.4) is 0 Å². The zero-order valence-corrected chi connectivity index (χ0v) is 16.2. The van der Waals surface area contributed by atoms with Gasteiger partial charge in [-0.3, -0.25) is 4.79 Å². The number of aromatic nitrogens is 1. The Morgan fingerprint density at radius 3 is 2.92 bits per heavy atom. The molecular formula is C19H27N3O3S. The van der Waals surface area contributed by atoms with E-state index >= 15 is 0 Å². The molecular weight excluding hydrogens is 350 g/mol. The van der Waals surface area contributed by atoms with Crippen LogP contribution in [-0.2, 0) is 11.3 Å². The van der Waals surface area contributed by atoms with E-state index in [4.69, 9.17) is 17.0 Å². The molecule has 0 unspecified atom stereocenters. The molecule has 0 radical (unpaired) electrons. The number of thiocarbonyl (C=S) groups is 1. The van der Waals surface area contributed by atoms with E-state index in [1.807, 2.05) is 38.1 Å². The molecule has 3 N–H and O–H groups in total. The van der Waals surface area contributed by atoms with Gasteiger partial charge in [0.05, 0.1) is 13.2 Å². The van der Waals surface area contributed by atoms with E-state index in [0.29, 0.717) is 43.5 Å². The lowest BCUT2D eigenvalue weighted by Crippen LogP contribution is -2.42. The summed E-state index contributed by atoms with van der Waals surface area (Å²) in [6, 6.07) is 7.84. The van der Waals surface area contributed by atoms with Gasteiger partial charge in [0.1, 0.15) is 0 Å². The van der Waals surface area contributed by atoms with Crippen molar-refractivity contribution < 1.29 is 9.84 Å². The van der Waals surface area contributed by atoms with Crippen molar-refractivity contribution >= 4 is 28.2 Å². The Balaban J connectivity index is 2.07. The number of rotatable bonds is 9. The predicted octanol–water partition coefficient (Wildman–Crippen LogP) is 1.93. The number of nitrogens with one attached hydrogen (secondary N) is 2. The van der Waals surface area contributed by atoms with E-state index in [1.54, 1.807) is 4.90 Å². The number of hydrogen-bond acceptors (Lipinski definition) is 4. The summed E-state index contributed by atoms with van der Waals surface area (Å²) in [5.41, 5.74) is 2.41. The van der Waals surface area contributed by atoms with Crippen LogP contribution in [0.25, 0.3) is 10.9 Å². The van der Waals surface area contributed by atoms with Crippen molar-refractivity contribution in [2.45, 2.75) is 26.8 Å². The third-order valence-corrected chi connectivity index (χ3v) is 4.45. The van der Waals surface area contributed by atoms with Gasteiger partial charge in [-0.2, -0.15) is 0 Å². The van der Waals surface area contributed by atoms with Crippen LogP contribution in [-0.4, -0.2) is 53.0 Å². The number of hydrogen-bond donors (Lipinski definition) is 3. The van der Waals surface area contributed by atoms with Gasteiger partial charge in [-0.05, 0) is 55.6 Å². The minimum Gasteiger partial charge on any atom is -0.395 e. The Bertz CT molecular complexity index is 791. The van der Waals surface area contributed by atoms with Crippen molar-refractivity contribution in [2.75, 3.05) is 32.9 Å². The molecule has 7 heteroatoms. The van der Waals surface area contributed by atoms with Gasteiger partial charge in [-0.15, -0.1) is 0 Å². The summed E-state index contributed by atoms with van der Waals surface area (Å²) < 4.78 is 5.30. The molecule has 0 aliphatic heterocycles. The van der Waals surface area contributed by atoms with Crippen LogP contribution >= 0.6 is 12.2 Å². The van der Waals surface area contributed by atoms with Gasteiger partial charge in [0, 0.05) is 37.4 Å². The fraction of sp³-hybridized carbons (Fsp3) is 0.474. The lowest BCUT2D eigenvalue weighted by Gasteiger charge is -2.25. The molecule has 0 aliphatic rings. The van der Waals surface area contributed by atoms with Crippen LogP contribution in [0.2, 0.25) is 0 Å². The van der Waals surface area contributed by atoms with Gasteiger partial charge in [0.2, 0.25) is 0 Å². The minimum absolute atomic E-state index is 0.0363. The maximum atomic E-state index is 12.4. The van der Waals surface area contributed by atoms with Gasteiger partial charge >= 0.3 is 0 Å². The lowest BCUT2D eigenvalue weighted by molar-refractivity contribution is 0.145. The number of aryl methyl sites for hydroxylation is 1. The third kappa shape index (κ3) is 5.79. The van der Waals surface area contributed by atoms with Crippen molar-refractivity contribution in [2.24, 2.45) is 0 Å². The topological polar surface area (TPSA) is 77.6 Å². The SMILES string of the molecule is CCOCCCNC(=S)N(CCO)Cc1cc2ccc(C)cc2[nH]c1=O. The summed E-state index contributed by atoms with van der Waals surface area (Å²) in [7, 11) is 0.